The lowest BCUT2D eigenvalue weighted by atomic mass is 9.41. The Labute approximate surface area is 250 Å². The standard InChI is InChI=1S/C30H32O14/c1-27-12-29(41-24(38)15-4-8-17(33)9-5-15)19-10-30(27,42-25-22(36)21(35)20(34)18(11-31)40-25)28(19,26(43-27)44-29)13-39-23(37)14-2-6-16(32)7-3-14/h2-9,18-22,25-26,31-36H,10-13H2,1H3/t18-,19-,20-,21+,22-,25+,26-,27+,28+,29+,30+/m1/s1. The van der Waals surface area contributed by atoms with Gasteiger partial charge in [0.05, 0.1) is 23.1 Å². The fourth-order valence-electron chi connectivity index (χ4n) is 7.81. The molecule has 14 heteroatoms. The topological polar surface area (TPSA) is 211 Å². The van der Waals surface area contributed by atoms with Crippen LogP contribution in [-0.2, 0) is 28.4 Å². The number of carbonyl (C=O) groups is 2. The predicted molar refractivity (Wildman–Crippen MR) is 142 cm³/mol. The van der Waals surface area contributed by atoms with Gasteiger partial charge in [-0.15, -0.1) is 0 Å². The first kappa shape index (κ1) is 29.4. The zero-order valence-electron chi connectivity index (χ0n) is 23.4. The van der Waals surface area contributed by atoms with Crippen LogP contribution in [0.2, 0.25) is 0 Å². The average molecular weight is 617 g/mol. The van der Waals surface area contributed by atoms with Crippen molar-refractivity contribution in [3.63, 3.8) is 0 Å². The molecule has 7 fully saturated rings. The van der Waals surface area contributed by atoms with E-state index in [4.69, 9.17) is 28.4 Å². The molecular weight excluding hydrogens is 584 g/mol. The normalized spacial score (nSPS) is 43.0. The summed E-state index contributed by atoms with van der Waals surface area (Å²) in [5.41, 5.74) is -3.55. The van der Waals surface area contributed by atoms with Gasteiger partial charge in [0.1, 0.15) is 53.7 Å². The second-order valence-electron chi connectivity index (χ2n) is 12.3. The van der Waals surface area contributed by atoms with E-state index in [0.29, 0.717) is 0 Å². The van der Waals surface area contributed by atoms with Crippen LogP contribution < -0.4 is 0 Å². The van der Waals surface area contributed by atoms with E-state index in [0.717, 1.165) is 0 Å². The first-order valence-electron chi connectivity index (χ1n) is 14.2. The molecule has 9 rings (SSSR count). The van der Waals surface area contributed by atoms with Crippen molar-refractivity contribution in [2.24, 2.45) is 11.3 Å². The van der Waals surface area contributed by atoms with Crippen molar-refractivity contribution in [2.45, 2.75) is 73.8 Å². The highest BCUT2D eigenvalue weighted by molar-refractivity contribution is 5.90. The lowest BCUT2D eigenvalue weighted by Gasteiger charge is -2.68. The van der Waals surface area contributed by atoms with E-state index >= 15 is 0 Å². The quantitative estimate of drug-likeness (QED) is 0.214. The molecular formula is C30H32O14. The second kappa shape index (κ2) is 9.83. The molecule has 3 saturated carbocycles. The lowest BCUT2D eigenvalue weighted by molar-refractivity contribution is -0.422. The summed E-state index contributed by atoms with van der Waals surface area (Å²) in [6.45, 7) is 0.730. The summed E-state index contributed by atoms with van der Waals surface area (Å²) in [5, 5.41) is 60.5. The molecule has 2 aromatic rings. The Balaban J connectivity index is 1.22. The Morgan fingerprint density at radius 3 is 2.11 bits per heavy atom. The minimum absolute atomic E-state index is 0.00390. The molecule has 7 aliphatic rings. The number of hydrogen-bond acceptors (Lipinski definition) is 14. The minimum atomic E-state index is -1.71. The van der Waals surface area contributed by atoms with Crippen LogP contribution in [0.3, 0.4) is 0 Å². The molecule has 0 aromatic heterocycles. The summed E-state index contributed by atoms with van der Waals surface area (Å²) in [4.78, 5) is 26.3. The number of aromatic hydroxyl groups is 2. The van der Waals surface area contributed by atoms with Gasteiger partial charge in [-0.05, 0) is 61.9 Å². The second-order valence-corrected chi connectivity index (χ2v) is 12.3. The van der Waals surface area contributed by atoms with Crippen LogP contribution in [0, 0.1) is 11.3 Å². The van der Waals surface area contributed by atoms with Crippen LogP contribution in [0.15, 0.2) is 48.5 Å². The first-order chi connectivity index (χ1) is 20.9. The molecule has 0 spiro atoms. The molecule has 11 atom stereocenters. The number of aliphatic hydroxyl groups is 4. The predicted octanol–water partition coefficient (Wildman–Crippen LogP) is -0.0816. The summed E-state index contributed by atoms with van der Waals surface area (Å²) >= 11 is 0. The van der Waals surface area contributed by atoms with Crippen LogP contribution in [-0.4, -0.2) is 110 Å². The zero-order chi connectivity index (χ0) is 31.2. The van der Waals surface area contributed by atoms with Crippen molar-refractivity contribution >= 4 is 11.9 Å². The van der Waals surface area contributed by atoms with Crippen LogP contribution in [0.5, 0.6) is 11.5 Å². The molecule has 14 nitrogen and oxygen atoms in total. The smallest absolute Gasteiger partial charge is 0.340 e. The first-order valence-corrected chi connectivity index (χ1v) is 14.2. The van der Waals surface area contributed by atoms with Crippen molar-refractivity contribution in [1.82, 2.24) is 0 Å². The maximum absolute atomic E-state index is 13.3. The Kier molecular flexibility index (Phi) is 6.56. The monoisotopic (exact) mass is 616 g/mol. The zero-order valence-corrected chi connectivity index (χ0v) is 23.4. The number of hydrogen-bond donors (Lipinski definition) is 6. The van der Waals surface area contributed by atoms with Gasteiger partial charge in [-0.2, -0.15) is 0 Å². The van der Waals surface area contributed by atoms with E-state index in [2.05, 4.69) is 0 Å². The van der Waals surface area contributed by atoms with Crippen molar-refractivity contribution < 1.29 is 68.6 Å². The average Bonchev–Trinajstić information content (AvgIpc) is 3.19. The maximum atomic E-state index is 13.3. The van der Waals surface area contributed by atoms with Gasteiger partial charge in [0.2, 0.25) is 5.79 Å². The largest absolute Gasteiger partial charge is 0.508 e. The van der Waals surface area contributed by atoms with E-state index in [9.17, 15) is 40.2 Å². The van der Waals surface area contributed by atoms with Gasteiger partial charge >= 0.3 is 11.9 Å². The van der Waals surface area contributed by atoms with Crippen molar-refractivity contribution in [1.29, 1.82) is 0 Å². The molecule has 4 aliphatic heterocycles. The van der Waals surface area contributed by atoms with E-state index in [-0.39, 0.29) is 42.1 Å². The summed E-state index contributed by atoms with van der Waals surface area (Å²) in [6, 6.07) is 11.0. The molecule has 44 heavy (non-hydrogen) atoms. The molecule has 6 N–H and O–H groups in total. The molecule has 0 radical (unpaired) electrons. The summed E-state index contributed by atoms with van der Waals surface area (Å²) < 4.78 is 36.6. The van der Waals surface area contributed by atoms with Crippen LogP contribution in [0.25, 0.3) is 0 Å². The molecule has 6 bridgehead atoms. The van der Waals surface area contributed by atoms with Crippen molar-refractivity contribution in [3.05, 3.63) is 59.7 Å². The number of ether oxygens (including phenoxy) is 6. The molecule has 3 aliphatic carbocycles. The van der Waals surface area contributed by atoms with Gasteiger partial charge in [-0.3, -0.25) is 0 Å². The van der Waals surface area contributed by atoms with Gasteiger partial charge in [-0.25, -0.2) is 9.59 Å². The molecule has 0 unspecified atom stereocenters. The number of rotatable bonds is 8. The van der Waals surface area contributed by atoms with E-state index in [1.54, 1.807) is 6.92 Å². The molecule has 2 aromatic carbocycles. The number of benzene rings is 2. The number of carbonyl (C=O) groups excluding carboxylic acids is 2. The third-order valence-corrected chi connectivity index (χ3v) is 10.0. The molecule has 0 amide bonds. The highest BCUT2D eigenvalue weighted by atomic mass is 16.8. The fraction of sp³-hybridized carbons (Fsp3) is 0.533. The number of esters is 2. The molecule has 4 heterocycles. The fourth-order valence-corrected chi connectivity index (χ4v) is 7.81. The highest BCUT2D eigenvalue weighted by Crippen LogP contribution is 2.82. The molecule has 4 saturated heterocycles. The van der Waals surface area contributed by atoms with Gasteiger partial charge in [-0.1, -0.05) is 0 Å². The third kappa shape index (κ3) is 3.83. The minimum Gasteiger partial charge on any atom is -0.508 e. The molecule has 236 valence electrons. The van der Waals surface area contributed by atoms with Crippen molar-refractivity contribution in [2.75, 3.05) is 13.2 Å². The number of phenols is 2. The maximum Gasteiger partial charge on any atom is 0.340 e. The van der Waals surface area contributed by atoms with Crippen LogP contribution >= 0.6 is 0 Å². The number of aliphatic hydroxyl groups excluding tert-OH is 4. The third-order valence-electron chi connectivity index (χ3n) is 10.0. The summed E-state index contributed by atoms with van der Waals surface area (Å²) in [5.74, 6) is -3.60. The van der Waals surface area contributed by atoms with Gasteiger partial charge < -0.3 is 59.1 Å². The lowest BCUT2D eigenvalue weighted by Crippen LogP contribution is -2.81. The summed E-state index contributed by atoms with van der Waals surface area (Å²) in [7, 11) is 0. The Hall–Kier alpha value is -3.34. The van der Waals surface area contributed by atoms with E-state index < -0.39 is 83.9 Å². The Morgan fingerprint density at radius 1 is 0.886 bits per heavy atom. The van der Waals surface area contributed by atoms with Crippen LogP contribution in [0.1, 0.15) is 40.5 Å². The van der Waals surface area contributed by atoms with Crippen LogP contribution in [0.4, 0.5) is 0 Å². The SMILES string of the molecule is C[C@@]12C[C@]3(OC(=O)c4ccc(O)cc4)O[C@@H](O1)[C@]1(COC(=O)c4ccc(O)cc4)[C@H]3C[C@@]12O[C@@H]1O[C@H](CO)[C@@H](O)[C@H](O)[C@H]1O. The highest BCUT2D eigenvalue weighted by Gasteiger charge is 2.96. The Bertz CT molecular complexity index is 1460. The van der Waals surface area contributed by atoms with Crippen molar-refractivity contribution in [3.8, 4) is 11.5 Å². The van der Waals surface area contributed by atoms with E-state index in [1.807, 2.05) is 0 Å². The number of phenolic OH excluding ortho intramolecular Hbond substituents is 2. The van der Waals surface area contributed by atoms with Gasteiger partial charge in [0.25, 0.3) is 0 Å². The Morgan fingerprint density at radius 2 is 1.50 bits per heavy atom. The van der Waals surface area contributed by atoms with Gasteiger partial charge in [0, 0.05) is 12.3 Å². The summed E-state index contributed by atoms with van der Waals surface area (Å²) in [6.07, 6.45) is -8.71. The van der Waals surface area contributed by atoms with Gasteiger partial charge in [0.15, 0.2) is 12.6 Å². The van der Waals surface area contributed by atoms with E-state index in [1.165, 1.54) is 48.5 Å².